The van der Waals surface area contributed by atoms with Gasteiger partial charge in [0.15, 0.2) is 0 Å². The van der Waals surface area contributed by atoms with Gasteiger partial charge in [-0.3, -0.25) is 0 Å². The Morgan fingerprint density at radius 2 is 1.89 bits per heavy atom. The standard InChI is InChI=1S/C14H17FN2O/c1-14(2,10-4-6-11(15)7-5-10)12(18)13-16-8-9-17(13)3/h4-9,12,18H,1-3H3. The van der Waals surface area contributed by atoms with Gasteiger partial charge in [-0.05, 0) is 17.7 Å². The third kappa shape index (κ3) is 2.16. The third-order valence-electron chi connectivity index (χ3n) is 3.37. The van der Waals surface area contributed by atoms with Gasteiger partial charge in [-0.2, -0.15) is 0 Å². The molecule has 0 amide bonds. The molecule has 0 saturated heterocycles. The predicted molar refractivity (Wildman–Crippen MR) is 67.6 cm³/mol. The van der Waals surface area contributed by atoms with E-state index in [-0.39, 0.29) is 5.82 Å². The number of imidazole rings is 1. The summed E-state index contributed by atoms with van der Waals surface area (Å²) >= 11 is 0. The summed E-state index contributed by atoms with van der Waals surface area (Å²) in [5.41, 5.74) is 0.340. The van der Waals surface area contributed by atoms with Crippen LogP contribution in [0.1, 0.15) is 31.3 Å². The minimum atomic E-state index is -0.747. The highest BCUT2D eigenvalue weighted by Crippen LogP contribution is 2.35. The van der Waals surface area contributed by atoms with Crippen molar-refractivity contribution in [2.24, 2.45) is 7.05 Å². The Morgan fingerprint density at radius 1 is 1.28 bits per heavy atom. The Morgan fingerprint density at radius 3 is 2.39 bits per heavy atom. The first-order valence-corrected chi connectivity index (χ1v) is 5.84. The van der Waals surface area contributed by atoms with Gasteiger partial charge in [0.25, 0.3) is 0 Å². The molecule has 0 radical (unpaired) electrons. The summed E-state index contributed by atoms with van der Waals surface area (Å²) in [4.78, 5) is 4.16. The molecule has 0 aliphatic carbocycles. The van der Waals surface area contributed by atoms with Crippen LogP contribution >= 0.6 is 0 Å². The van der Waals surface area contributed by atoms with Crippen molar-refractivity contribution in [2.75, 3.05) is 0 Å². The van der Waals surface area contributed by atoms with Gasteiger partial charge >= 0.3 is 0 Å². The van der Waals surface area contributed by atoms with E-state index in [0.717, 1.165) is 5.56 Å². The van der Waals surface area contributed by atoms with E-state index in [1.807, 2.05) is 20.9 Å². The minimum Gasteiger partial charge on any atom is -0.384 e. The zero-order valence-electron chi connectivity index (χ0n) is 10.8. The molecule has 2 rings (SSSR count). The highest BCUT2D eigenvalue weighted by molar-refractivity contribution is 5.27. The van der Waals surface area contributed by atoms with Crippen molar-refractivity contribution in [3.8, 4) is 0 Å². The molecule has 0 bridgehead atoms. The molecule has 0 aliphatic heterocycles. The van der Waals surface area contributed by atoms with E-state index >= 15 is 0 Å². The molecule has 1 atom stereocenters. The summed E-state index contributed by atoms with van der Waals surface area (Å²) in [7, 11) is 1.84. The summed E-state index contributed by atoms with van der Waals surface area (Å²) in [6.07, 6.45) is 2.70. The Kier molecular flexibility index (Phi) is 3.22. The zero-order chi connectivity index (χ0) is 13.3. The van der Waals surface area contributed by atoms with Crippen LogP contribution in [0.2, 0.25) is 0 Å². The van der Waals surface area contributed by atoms with Crippen LogP contribution in [-0.2, 0) is 12.5 Å². The summed E-state index contributed by atoms with van der Waals surface area (Å²) in [6.45, 7) is 3.83. The van der Waals surface area contributed by atoms with Crippen molar-refractivity contribution in [1.29, 1.82) is 0 Å². The molecule has 2 aromatic rings. The van der Waals surface area contributed by atoms with Gasteiger partial charge in [0.1, 0.15) is 17.7 Å². The average Bonchev–Trinajstić information content (AvgIpc) is 2.75. The second-order valence-electron chi connectivity index (χ2n) is 5.03. The fourth-order valence-corrected chi connectivity index (χ4v) is 2.00. The van der Waals surface area contributed by atoms with Crippen LogP contribution in [0.25, 0.3) is 0 Å². The minimum absolute atomic E-state index is 0.277. The van der Waals surface area contributed by atoms with E-state index in [2.05, 4.69) is 4.98 Å². The highest BCUT2D eigenvalue weighted by Gasteiger charge is 2.33. The maximum atomic E-state index is 12.9. The Balaban J connectivity index is 2.36. The van der Waals surface area contributed by atoms with Crippen LogP contribution < -0.4 is 0 Å². The number of nitrogens with zero attached hydrogens (tertiary/aromatic N) is 2. The maximum absolute atomic E-state index is 12.9. The van der Waals surface area contributed by atoms with E-state index < -0.39 is 11.5 Å². The Labute approximate surface area is 106 Å². The molecule has 18 heavy (non-hydrogen) atoms. The summed E-state index contributed by atoms with van der Waals surface area (Å²) < 4.78 is 14.7. The van der Waals surface area contributed by atoms with Crippen LogP contribution in [0.3, 0.4) is 0 Å². The summed E-state index contributed by atoms with van der Waals surface area (Å²) in [6, 6.07) is 6.20. The van der Waals surface area contributed by atoms with Gasteiger partial charge in [0.2, 0.25) is 0 Å². The van der Waals surface area contributed by atoms with Crippen LogP contribution in [-0.4, -0.2) is 14.7 Å². The fraction of sp³-hybridized carbons (Fsp3) is 0.357. The molecule has 1 aromatic heterocycles. The number of aliphatic hydroxyl groups excluding tert-OH is 1. The molecular formula is C14H17FN2O. The van der Waals surface area contributed by atoms with E-state index in [0.29, 0.717) is 5.82 Å². The molecule has 1 N–H and O–H groups in total. The van der Waals surface area contributed by atoms with Gasteiger partial charge in [-0.1, -0.05) is 26.0 Å². The summed E-state index contributed by atoms with van der Waals surface area (Å²) in [5, 5.41) is 10.5. The second kappa shape index (κ2) is 4.53. The van der Waals surface area contributed by atoms with Gasteiger partial charge in [-0.25, -0.2) is 9.37 Å². The number of halogens is 1. The summed E-state index contributed by atoms with van der Waals surface area (Å²) in [5.74, 6) is 0.324. The van der Waals surface area contributed by atoms with E-state index in [1.54, 1.807) is 29.1 Å². The van der Waals surface area contributed by atoms with Crippen molar-refractivity contribution in [2.45, 2.75) is 25.4 Å². The molecule has 0 aliphatic rings. The van der Waals surface area contributed by atoms with Gasteiger partial charge in [0.05, 0.1) is 0 Å². The lowest BCUT2D eigenvalue weighted by Gasteiger charge is -2.30. The SMILES string of the molecule is Cn1ccnc1C(O)C(C)(C)c1ccc(F)cc1. The van der Waals surface area contributed by atoms with Crippen LogP contribution in [0, 0.1) is 5.82 Å². The lowest BCUT2D eigenvalue weighted by Crippen LogP contribution is -2.28. The first-order chi connectivity index (χ1) is 8.43. The Hall–Kier alpha value is -1.68. The van der Waals surface area contributed by atoms with E-state index in [4.69, 9.17) is 0 Å². The van der Waals surface area contributed by atoms with Crippen LogP contribution in [0.15, 0.2) is 36.7 Å². The first kappa shape index (κ1) is 12.8. The molecule has 1 heterocycles. The van der Waals surface area contributed by atoms with Gasteiger partial charge < -0.3 is 9.67 Å². The molecule has 4 heteroatoms. The number of hydrogen-bond acceptors (Lipinski definition) is 2. The molecular weight excluding hydrogens is 231 g/mol. The van der Waals surface area contributed by atoms with Crippen molar-refractivity contribution in [1.82, 2.24) is 9.55 Å². The zero-order valence-corrected chi connectivity index (χ0v) is 10.8. The fourth-order valence-electron chi connectivity index (χ4n) is 2.00. The molecule has 1 unspecified atom stereocenters. The molecule has 1 aromatic carbocycles. The number of aromatic nitrogens is 2. The molecule has 3 nitrogen and oxygen atoms in total. The molecule has 0 spiro atoms. The lowest BCUT2D eigenvalue weighted by molar-refractivity contribution is 0.0890. The van der Waals surface area contributed by atoms with Crippen molar-refractivity contribution >= 4 is 0 Å². The monoisotopic (exact) mass is 248 g/mol. The van der Waals surface area contributed by atoms with E-state index in [9.17, 15) is 9.50 Å². The number of hydrogen-bond donors (Lipinski definition) is 1. The second-order valence-corrected chi connectivity index (χ2v) is 5.03. The number of benzene rings is 1. The van der Waals surface area contributed by atoms with E-state index in [1.165, 1.54) is 12.1 Å². The lowest BCUT2D eigenvalue weighted by atomic mass is 9.79. The smallest absolute Gasteiger partial charge is 0.138 e. The van der Waals surface area contributed by atoms with Crippen molar-refractivity contribution in [3.05, 3.63) is 53.9 Å². The van der Waals surface area contributed by atoms with Crippen LogP contribution in [0.4, 0.5) is 4.39 Å². The van der Waals surface area contributed by atoms with Crippen molar-refractivity contribution in [3.63, 3.8) is 0 Å². The maximum Gasteiger partial charge on any atom is 0.138 e. The van der Waals surface area contributed by atoms with Crippen molar-refractivity contribution < 1.29 is 9.50 Å². The number of aryl methyl sites for hydroxylation is 1. The molecule has 0 fully saturated rings. The van der Waals surface area contributed by atoms with Crippen LogP contribution in [0.5, 0.6) is 0 Å². The predicted octanol–water partition coefficient (Wildman–Crippen LogP) is 2.57. The third-order valence-corrected chi connectivity index (χ3v) is 3.37. The quantitative estimate of drug-likeness (QED) is 0.906. The normalized spacial score (nSPS) is 13.6. The molecule has 0 saturated carbocycles. The number of aliphatic hydroxyl groups is 1. The highest BCUT2D eigenvalue weighted by atomic mass is 19.1. The Bertz CT molecular complexity index is 531. The van der Waals surface area contributed by atoms with Gasteiger partial charge in [0, 0.05) is 24.9 Å². The average molecular weight is 248 g/mol. The van der Waals surface area contributed by atoms with Gasteiger partial charge in [-0.15, -0.1) is 0 Å². The number of rotatable bonds is 3. The topological polar surface area (TPSA) is 38.0 Å². The largest absolute Gasteiger partial charge is 0.384 e. The first-order valence-electron chi connectivity index (χ1n) is 5.84. The molecule has 96 valence electrons.